The average molecular weight is 339 g/mol. The number of hydrogen-bond donors (Lipinski definition) is 2. The van der Waals surface area contributed by atoms with Crippen molar-refractivity contribution in [1.29, 1.82) is 0 Å². The van der Waals surface area contributed by atoms with Gasteiger partial charge in [0.25, 0.3) is 0 Å². The molecule has 0 bridgehead atoms. The Morgan fingerprint density at radius 3 is 1.60 bits per heavy atom. The minimum atomic E-state index is -3.77. The lowest BCUT2D eigenvalue weighted by Crippen LogP contribution is -2.43. The van der Waals surface area contributed by atoms with Crippen LogP contribution in [0, 0.1) is 0 Å². The van der Waals surface area contributed by atoms with E-state index in [0.29, 0.717) is 6.42 Å². The van der Waals surface area contributed by atoms with Crippen LogP contribution in [0.25, 0.3) is 0 Å². The summed E-state index contributed by atoms with van der Waals surface area (Å²) < 4.78 is 10.7. The van der Waals surface area contributed by atoms with Gasteiger partial charge in [0.05, 0.1) is 0 Å². The number of hydrogen-bond acceptors (Lipinski definition) is 1. The van der Waals surface area contributed by atoms with Crippen LogP contribution in [0.15, 0.2) is 0 Å². The molecule has 0 spiro atoms. The fraction of sp³-hybridized carbons (Fsp3) is 1.00. The van der Waals surface area contributed by atoms with E-state index in [9.17, 15) is 4.57 Å². The van der Waals surface area contributed by atoms with E-state index in [1.807, 2.05) is 0 Å². The zero-order chi connectivity index (χ0) is 16.0. The molecule has 0 fully saturated rings. The van der Waals surface area contributed by atoms with E-state index >= 15 is 0 Å². The SMILES string of the molecule is C[Si](C)(C)C(CCCCCCCP(=O)(O)O)[Si](C)(C)C. The second-order valence-corrected chi connectivity index (χ2v) is 21.4. The highest BCUT2D eigenvalue weighted by molar-refractivity contribution is 7.51. The van der Waals surface area contributed by atoms with Gasteiger partial charge in [-0.15, -0.1) is 0 Å². The molecule has 6 heteroatoms. The first-order valence-corrected chi connectivity index (χ1v) is 16.8. The smallest absolute Gasteiger partial charge is 0.324 e. The van der Waals surface area contributed by atoms with Gasteiger partial charge in [0.1, 0.15) is 0 Å². The largest absolute Gasteiger partial charge is 0.325 e. The zero-order valence-corrected chi connectivity index (χ0v) is 17.2. The monoisotopic (exact) mass is 338 g/mol. The van der Waals surface area contributed by atoms with Crippen LogP contribution in [-0.2, 0) is 4.57 Å². The molecule has 0 aliphatic heterocycles. The van der Waals surface area contributed by atoms with Gasteiger partial charge < -0.3 is 9.79 Å². The maximum Gasteiger partial charge on any atom is 0.325 e. The quantitative estimate of drug-likeness (QED) is 0.331. The molecule has 0 saturated carbocycles. The van der Waals surface area contributed by atoms with Gasteiger partial charge in [0.15, 0.2) is 0 Å². The van der Waals surface area contributed by atoms with Gasteiger partial charge >= 0.3 is 7.60 Å². The fourth-order valence-electron chi connectivity index (χ4n) is 3.36. The normalized spacial score (nSPS) is 14.1. The predicted octanol–water partition coefficient (Wildman–Crippen LogP) is 5.09. The summed E-state index contributed by atoms with van der Waals surface area (Å²) >= 11 is 0. The molecule has 0 amide bonds. The van der Waals surface area contributed by atoms with E-state index < -0.39 is 23.7 Å². The van der Waals surface area contributed by atoms with Gasteiger partial charge in [-0.3, -0.25) is 4.57 Å². The molecule has 0 aromatic heterocycles. The first-order valence-electron chi connectivity index (χ1n) is 7.88. The standard InChI is InChI=1S/C14H35O3PSi2/c1-19(2,3)14(20(4,5)6)12-10-8-7-9-11-13-18(15,16)17/h14H,7-13H2,1-6H3,(H2,15,16,17). The van der Waals surface area contributed by atoms with E-state index in [-0.39, 0.29) is 6.16 Å². The lowest BCUT2D eigenvalue weighted by atomic mass is 10.1. The number of unbranched alkanes of at least 4 members (excludes halogenated alkanes) is 4. The maximum absolute atomic E-state index is 10.7. The predicted molar refractivity (Wildman–Crippen MR) is 95.1 cm³/mol. The van der Waals surface area contributed by atoms with Gasteiger partial charge in [0.2, 0.25) is 0 Å². The summed E-state index contributed by atoms with van der Waals surface area (Å²) in [5.41, 5.74) is 0. The van der Waals surface area contributed by atoms with Crippen LogP contribution < -0.4 is 0 Å². The van der Waals surface area contributed by atoms with Gasteiger partial charge in [-0.25, -0.2) is 0 Å². The molecule has 2 N–H and O–H groups in total. The Bertz CT molecular complexity index is 301. The van der Waals surface area contributed by atoms with Crippen molar-refractivity contribution < 1.29 is 14.4 Å². The minimum absolute atomic E-state index is 0.0550. The summed E-state index contributed by atoms with van der Waals surface area (Å²) in [6, 6.07) is 0. The minimum Gasteiger partial charge on any atom is -0.324 e. The van der Waals surface area contributed by atoms with E-state index in [1.54, 1.807) is 0 Å². The van der Waals surface area contributed by atoms with Crippen molar-refractivity contribution in [3.8, 4) is 0 Å². The first-order chi connectivity index (χ1) is 8.84. The Morgan fingerprint density at radius 2 is 1.20 bits per heavy atom. The summed E-state index contributed by atoms with van der Waals surface area (Å²) in [7, 11) is -5.90. The Morgan fingerprint density at radius 1 is 0.800 bits per heavy atom. The summed E-state index contributed by atoms with van der Waals surface area (Å²) in [5.74, 6) is 0. The molecule has 0 aromatic carbocycles. The molecule has 0 aliphatic carbocycles. The molecular weight excluding hydrogens is 303 g/mol. The van der Waals surface area contributed by atoms with E-state index in [4.69, 9.17) is 9.79 Å². The highest BCUT2D eigenvalue weighted by Crippen LogP contribution is 2.37. The highest BCUT2D eigenvalue weighted by Gasteiger charge is 2.36. The van der Waals surface area contributed by atoms with E-state index in [2.05, 4.69) is 39.3 Å². The van der Waals surface area contributed by atoms with Crippen molar-refractivity contribution in [1.82, 2.24) is 0 Å². The van der Waals surface area contributed by atoms with Crippen LogP contribution in [0.5, 0.6) is 0 Å². The van der Waals surface area contributed by atoms with Crippen molar-refractivity contribution in [2.75, 3.05) is 6.16 Å². The third-order valence-electron chi connectivity index (χ3n) is 4.03. The molecule has 0 heterocycles. The Labute approximate surface area is 127 Å². The van der Waals surface area contributed by atoms with Crippen LogP contribution in [-0.4, -0.2) is 32.1 Å². The topological polar surface area (TPSA) is 57.5 Å². The molecular formula is C14H35O3PSi2. The third kappa shape index (κ3) is 10.3. The molecule has 0 unspecified atom stereocenters. The van der Waals surface area contributed by atoms with Gasteiger partial charge in [-0.05, 0) is 6.42 Å². The van der Waals surface area contributed by atoms with Crippen molar-refractivity contribution >= 4 is 23.7 Å². The van der Waals surface area contributed by atoms with E-state index in [0.717, 1.165) is 18.0 Å². The maximum atomic E-state index is 10.7. The van der Waals surface area contributed by atoms with Crippen LogP contribution in [0.4, 0.5) is 0 Å². The Hall–Kier alpha value is 0.584. The fourth-order valence-corrected chi connectivity index (χ4v) is 16.5. The molecule has 3 nitrogen and oxygen atoms in total. The molecule has 0 saturated heterocycles. The lowest BCUT2D eigenvalue weighted by Gasteiger charge is -2.38. The Kier molecular flexibility index (Phi) is 8.52. The van der Waals surface area contributed by atoms with Crippen molar-refractivity contribution in [3.63, 3.8) is 0 Å². The van der Waals surface area contributed by atoms with Gasteiger partial charge in [-0.2, -0.15) is 0 Å². The molecule has 20 heavy (non-hydrogen) atoms. The molecule has 0 aromatic rings. The van der Waals surface area contributed by atoms with Crippen LogP contribution in [0.3, 0.4) is 0 Å². The van der Waals surface area contributed by atoms with Crippen LogP contribution >= 0.6 is 7.60 Å². The molecule has 0 radical (unpaired) electrons. The third-order valence-corrected chi connectivity index (χ3v) is 14.9. The summed E-state index contributed by atoms with van der Waals surface area (Å²) in [4.78, 5) is 17.6. The second kappa shape index (κ2) is 8.28. The lowest BCUT2D eigenvalue weighted by molar-refractivity contribution is 0.370. The first kappa shape index (κ1) is 20.6. The summed E-state index contributed by atoms with van der Waals surface area (Å²) in [5, 5.41) is 0.977. The molecule has 0 atom stereocenters. The highest BCUT2D eigenvalue weighted by atomic mass is 31.2. The van der Waals surface area contributed by atoms with Crippen LogP contribution in [0.2, 0.25) is 44.4 Å². The van der Waals surface area contributed by atoms with Gasteiger partial charge in [0, 0.05) is 22.3 Å². The van der Waals surface area contributed by atoms with E-state index in [1.165, 1.54) is 19.3 Å². The van der Waals surface area contributed by atoms with Crippen molar-refractivity contribution in [2.45, 2.75) is 83.0 Å². The average Bonchev–Trinajstić information content (AvgIpc) is 2.16. The van der Waals surface area contributed by atoms with Crippen molar-refractivity contribution in [3.05, 3.63) is 0 Å². The van der Waals surface area contributed by atoms with Crippen molar-refractivity contribution in [2.24, 2.45) is 0 Å². The summed E-state index contributed by atoms with van der Waals surface area (Å²) in [6.45, 7) is 15.0. The molecule has 122 valence electrons. The summed E-state index contributed by atoms with van der Waals surface area (Å²) in [6.07, 6.45) is 6.65. The van der Waals surface area contributed by atoms with Gasteiger partial charge in [-0.1, -0.05) is 76.6 Å². The molecule has 0 rings (SSSR count). The Balaban J connectivity index is 3.90. The second-order valence-electron chi connectivity index (χ2n) is 8.23. The molecule has 0 aliphatic rings. The number of rotatable bonds is 10. The zero-order valence-electron chi connectivity index (χ0n) is 14.3. The van der Waals surface area contributed by atoms with Crippen LogP contribution in [0.1, 0.15) is 38.5 Å².